The molecule has 20 heavy (non-hydrogen) atoms. The predicted octanol–water partition coefficient (Wildman–Crippen LogP) is 1.19. The maximum Gasteiger partial charge on any atom is 0.326 e. The van der Waals surface area contributed by atoms with Gasteiger partial charge in [0.2, 0.25) is 0 Å². The summed E-state index contributed by atoms with van der Waals surface area (Å²) in [5.74, 6) is -1.05. The Balaban J connectivity index is 1.92. The van der Waals surface area contributed by atoms with Crippen LogP contribution in [0, 0.1) is 5.41 Å². The van der Waals surface area contributed by atoms with Crippen molar-refractivity contribution < 1.29 is 19.8 Å². The summed E-state index contributed by atoms with van der Waals surface area (Å²) in [6.45, 7) is 2.83. The van der Waals surface area contributed by atoms with Crippen molar-refractivity contribution in [3.05, 3.63) is 0 Å². The Hall–Kier alpha value is -1.30. The maximum absolute atomic E-state index is 12.2. The van der Waals surface area contributed by atoms with Gasteiger partial charge in [-0.2, -0.15) is 0 Å². The first-order valence-corrected chi connectivity index (χ1v) is 7.43. The van der Waals surface area contributed by atoms with Gasteiger partial charge in [-0.1, -0.05) is 19.8 Å². The lowest BCUT2D eigenvalue weighted by Crippen LogP contribution is -2.48. The lowest BCUT2D eigenvalue weighted by atomic mass is 9.83. The molecular weight excluding hydrogens is 260 g/mol. The highest BCUT2D eigenvalue weighted by Crippen LogP contribution is 2.40. The van der Waals surface area contributed by atoms with Crippen LogP contribution in [0.25, 0.3) is 0 Å². The van der Waals surface area contributed by atoms with E-state index in [2.05, 4.69) is 12.2 Å². The first kappa shape index (κ1) is 15.1. The highest BCUT2D eigenvalue weighted by molar-refractivity contribution is 5.83. The summed E-state index contributed by atoms with van der Waals surface area (Å²) in [5.41, 5.74) is 0.173. The van der Waals surface area contributed by atoms with Gasteiger partial charge in [-0.05, 0) is 24.7 Å². The Morgan fingerprint density at radius 1 is 1.35 bits per heavy atom. The summed E-state index contributed by atoms with van der Waals surface area (Å²) >= 11 is 0. The largest absolute Gasteiger partial charge is 0.480 e. The number of urea groups is 1. The van der Waals surface area contributed by atoms with Crippen molar-refractivity contribution in [1.82, 2.24) is 10.2 Å². The molecule has 0 aromatic heterocycles. The average Bonchev–Trinajstić information content (AvgIpc) is 3.03. The number of hydrogen-bond donors (Lipinski definition) is 3. The summed E-state index contributed by atoms with van der Waals surface area (Å²) in [6.07, 6.45) is 5.03. The zero-order chi connectivity index (χ0) is 14.8. The van der Waals surface area contributed by atoms with Gasteiger partial charge in [0.1, 0.15) is 6.04 Å². The van der Waals surface area contributed by atoms with Gasteiger partial charge in [0.25, 0.3) is 0 Å². The number of aliphatic carboxylic acids is 1. The molecule has 0 spiro atoms. The summed E-state index contributed by atoms with van der Waals surface area (Å²) in [5, 5.41) is 21.5. The summed E-state index contributed by atoms with van der Waals surface area (Å²) < 4.78 is 0. The van der Waals surface area contributed by atoms with E-state index in [1.807, 2.05) is 0 Å². The number of amides is 2. The fourth-order valence-electron chi connectivity index (χ4n) is 3.42. The monoisotopic (exact) mass is 284 g/mol. The normalized spacial score (nSPS) is 28.6. The second-order valence-corrected chi connectivity index (χ2v) is 6.12. The molecule has 0 radical (unpaired) electrons. The van der Waals surface area contributed by atoms with Gasteiger partial charge in [0.05, 0.1) is 6.10 Å². The van der Waals surface area contributed by atoms with Gasteiger partial charge in [-0.15, -0.1) is 0 Å². The molecule has 1 saturated carbocycles. The van der Waals surface area contributed by atoms with Crippen molar-refractivity contribution in [2.75, 3.05) is 13.1 Å². The van der Waals surface area contributed by atoms with E-state index < -0.39 is 18.1 Å². The number of aliphatic hydroxyl groups excluding tert-OH is 1. The Morgan fingerprint density at radius 2 is 2.00 bits per heavy atom. The Morgan fingerprint density at radius 3 is 2.55 bits per heavy atom. The van der Waals surface area contributed by atoms with Crippen molar-refractivity contribution >= 4 is 12.0 Å². The van der Waals surface area contributed by atoms with Crippen molar-refractivity contribution in [3.8, 4) is 0 Å². The minimum absolute atomic E-state index is 0.0991. The molecule has 0 aromatic carbocycles. The molecule has 1 aliphatic carbocycles. The van der Waals surface area contributed by atoms with Crippen LogP contribution in [-0.2, 0) is 4.79 Å². The molecule has 2 fully saturated rings. The predicted molar refractivity (Wildman–Crippen MR) is 73.3 cm³/mol. The summed E-state index contributed by atoms with van der Waals surface area (Å²) in [4.78, 5) is 24.5. The van der Waals surface area contributed by atoms with Gasteiger partial charge < -0.3 is 20.4 Å². The highest BCUT2D eigenvalue weighted by atomic mass is 16.4. The van der Waals surface area contributed by atoms with Crippen LogP contribution >= 0.6 is 0 Å². The average molecular weight is 284 g/mol. The standard InChI is InChI=1S/C14H24N2O4/c1-2-14(5-3-4-6-14)9-15-13(20)16-8-10(17)7-11(16)12(18)19/h10-11,17H,2-9H2,1H3,(H,15,20)(H,18,19). The first-order chi connectivity index (χ1) is 9.47. The second-order valence-electron chi connectivity index (χ2n) is 6.12. The molecule has 6 nitrogen and oxygen atoms in total. The van der Waals surface area contributed by atoms with Crippen molar-refractivity contribution in [2.45, 2.75) is 57.6 Å². The number of nitrogens with one attached hydrogen (secondary N) is 1. The van der Waals surface area contributed by atoms with Crippen molar-refractivity contribution in [3.63, 3.8) is 0 Å². The highest BCUT2D eigenvalue weighted by Gasteiger charge is 2.40. The molecule has 0 aromatic rings. The van der Waals surface area contributed by atoms with Gasteiger partial charge in [-0.3, -0.25) is 0 Å². The van der Waals surface area contributed by atoms with E-state index in [1.165, 1.54) is 17.7 Å². The number of β-amino-alcohol motifs (C(OH)–C–C–N with tert-alkyl or cyclic N) is 1. The maximum atomic E-state index is 12.2. The van der Waals surface area contributed by atoms with E-state index in [1.54, 1.807) is 0 Å². The van der Waals surface area contributed by atoms with Crippen LogP contribution in [0.15, 0.2) is 0 Å². The fourth-order valence-corrected chi connectivity index (χ4v) is 3.42. The van der Waals surface area contributed by atoms with E-state index >= 15 is 0 Å². The van der Waals surface area contributed by atoms with E-state index in [4.69, 9.17) is 5.11 Å². The van der Waals surface area contributed by atoms with Crippen LogP contribution in [-0.4, -0.2) is 52.3 Å². The summed E-state index contributed by atoms with van der Waals surface area (Å²) in [6, 6.07) is -1.28. The smallest absolute Gasteiger partial charge is 0.326 e. The van der Waals surface area contributed by atoms with Crippen LogP contribution in [0.1, 0.15) is 45.4 Å². The van der Waals surface area contributed by atoms with Crippen LogP contribution in [0.4, 0.5) is 4.79 Å². The fraction of sp³-hybridized carbons (Fsp3) is 0.857. The summed E-state index contributed by atoms with van der Waals surface area (Å²) in [7, 11) is 0. The van der Waals surface area contributed by atoms with E-state index in [0.29, 0.717) is 6.54 Å². The number of carboxylic acid groups (broad SMARTS) is 1. The number of carbonyl (C=O) groups excluding carboxylic acids is 1. The SMILES string of the molecule is CCC1(CNC(=O)N2CC(O)CC2C(=O)O)CCCC1. The molecule has 3 N–H and O–H groups in total. The lowest BCUT2D eigenvalue weighted by Gasteiger charge is -2.30. The second kappa shape index (κ2) is 5.99. The quantitative estimate of drug-likeness (QED) is 0.723. The van der Waals surface area contributed by atoms with Gasteiger partial charge in [-0.25, -0.2) is 9.59 Å². The molecule has 2 atom stereocenters. The number of likely N-dealkylation sites (tertiary alicyclic amines) is 1. The molecule has 1 aliphatic heterocycles. The third-order valence-electron chi connectivity index (χ3n) is 4.85. The molecule has 6 heteroatoms. The minimum atomic E-state index is -1.05. The number of carbonyl (C=O) groups is 2. The molecule has 2 amide bonds. The molecule has 2 unspecified atom stereocenters. The topological polar surface area (TPSA) is 89.9 Å². The molecule has 2 aliphatic rings. The molecule has 2 rings (SSSR count). The number of nitrogens with zero attached hydrogens (tertiary/aromatic N) is 1. The van der Waals surface area contributed by atoms with Crippen molar-refractivity contribution in [1.29, 1.82) is 0 Å². The number of carboxylic acids is 1. The first-order valence-electron chi connectivity index (χ1n) is 7.43. The third-order valence-corrected chi connectivity index (χ3v) is 4.85. The molecular formula is C14H24N2O4. The Labute approximate surface area is 119 Å². The van der Waals surface area contributed by atoms with Crippen LogP contribution in [0.2, 0.25) is 0 Å². The molecule has 0 bridgehead atoms. The van der Waals surface area contributed by atoms with Crippen LogP contribution in [0.5, 0.6) is 0 Å². The molecule has 114 valence electrons. The number of rotatable bonds is 4. The zero-order valence-electron chi connectivity index (χ0n) is 12.0. The van der Waals surface area contributed by atoms with Gasteiger partial charge >= 0.3 is 12.0 Å². The zero-order valence-corrected chi connectivity index (χ0v) is 12.0. The van der Waals surface area contributed by atoms with Gasteiger partial charge in [0, 0.05) is 19.5 Å². The van der Waals surface area contributed by atoms with Gasteiger partial charge in [0.15, 0.2) is 0 Å². The van der Waals surface area contributed by atoms with Crippen molar-refractivity contribution in [2.24, 2.45) is 5.41 Å². The van der Waals surface area contributed by atoms with Crippen LogP contribution in [0.3, 0.4) is 0 Å². The third kappa shape index (κ3) is 3.06. The number of hydrogen-bond acceptors (Lipinski definition) is 3. The van der Waals surface area contributed by atoms with E-state index in [9.17, 15) is 14.7 Å². The Bertz CT molecular complexity index is 379. The van der Waals surface area contributed by atoms with Crippen LogP contribution < -0.4 is 5.32 Å². The minimum Gasteiger partial charge on any atom is -0.480 e. The van der Waals surface area contributed by atoms with E-state index in [0.717, 1.165) is 19.3 Å². The Kier molecular flexibility index (Phi) is 4.52. The molecule has 1 saturated heterocycles. The van der Waals surface area contributed by atoms with E-state index in [-0.39, 0.29) is 24.4 Å². The number of aliphatic hydroxyl groups is 1. The lowest BCUT2D eigenvalue weighted by molar-refractivity contribution is -0.141. The molecule has 1 heterocycles.